The van der Waals surface area contributed by atoms with Gasteiger partial charge in [-0.05, 0) is 40.1 Å². The van der Waals surface area contributed by atoms with Crippen molar-refractivity contribution in [3.63, 3.8) is 0 Å². The zero-order valence-electron chi connectivity index (χ0n) is 20.5. The fraction of sp³-hybridized carbons (Fsp3) is 0.435. The van der Waals surface area contributed by atoms with Crippen molar-refractivity contribution >= 4 is 40.3 Å². The summed E-state index contributed by atoms with van der Waals surface area (Å²) in [7, 11) is 3.90. The number of carbonyl (C=O) groups is 2. The van der Waals surface area contributed by atoms with Crippen LogP contribution >= 0.6 is 11.6 Å². The molecule has 1 aromatic carbocycles. The number of aryl methyl sites for hydroxylation is 2. The molecule has 3 rings (SSSR count). The maximum atomic E-state index is 12.7. The molecule has 3 aromatic rings. The number of nitrogens with one attached hydrogen (secondary N) is 2. The zero-order chi connectivity index (χ0) is 25.5. The first-order chi connectivity index (χ1) is 16.7. The largest absolute Gasteiger partial charge is 0.484 e. The molecule has 0 aliphatic rings. The van der Waals surface area contributed by atoms with E-state index in [-0.39, 0.29) is 35.7 Å². The number of fused-ring (bicyclic) bond motifs is 1. The van der Waals surface area contributed by atoms with E-state index >= 15 is 0 Å². The Hall–Kier alpha value is -3.44. The Morgan fingerprint density at radius 3 is 2.71 bits per heavy atom. The first-order valence-electron chi connectivity index (χ1n) is 11.4. The SMILES string of the molecule is CCn1c(CNC(=O)c2nc(Cl)cnc2N)[n+](CC)c2ccc(OCC(=O)NCCN(C)C)cc21. The summed E-state index contributed by atoms with van der Waals surface area (Å²) < 4.78 is 9.94. The molecule has 0 spiro atoms. The van der Waals surface area contributed by atoms with Gasteiger partial charge >= 0.3 is 0 Å². The molecular formula is C23H32ClN8O3+. The first-order valence-corrected chi connectivity index (χ1v) is 11.8. The molecule has 0 aliphatic heterocycles. The summed E-state index contributed by atoms with van der Waals surface area (Å²) in [4.78, 5) is 34.6. The Morgan fingerprint density at radius 1 is 1.26 bits per heavy atom. The highest BCUT2D eigenvalue weighted by atomic mass is 35.5. The number of ether oxygens (including phenoxy) is 1. The average Bonchev–Trinajstić information content (AvgIpc) is 3.14. The van der Waals surface area contributed by atoms with Gasteiger partial charge in [0.05, 0.1) is 19.3 Å². The van der Waals surface area contributed by atoms with Crippen molar-refractivity contribution < 1.29 is 18.9 Å². The molecule has 0 bridgehead atoms. The van der Waals surface area contributed by atoms with Gasteiger partial charge in [-0.25, -0.2) is 19.1 Å². The molecule has 0 aliphatic carbocycles. The van der Waals surface area contributed by atoms with E-state index in [0.717, 1.165) is 23.4 Å². The minimum absolute atomic E-state index is 0.0128. The molecule has 2 aromatic heterocycles. The van der Waals surface area contributed by atoms with Gasteiger partial charge in [0, 0.05) is 19.2 Å². The molecule has 12 heteroatoms. The third-order valence-electron chi connectivity index (χ3n) is 5.43. The molecule has 0 saturated heterocycles. The number of aromatic nitrogens is 4. The molecule has 0 radical (unpaired) electrons. The molecule has 11 nitrogen and oxygen atoms in total. The second kappa shape index (κ2) is 11.8. The second-order valence-corrected chi connectivity index (χ2v) is 8.49. The molecule has 188 valence electrons. The van der Waals surface area contributed by atoms with Gasteiger partial charge < -0.3 is 26.0 Å². The summed E-state index contributed by atoms with van der Waals surface area (Å²) in [5, 5.41) is 5.79. The topological polar surface area (TPSA) is 131 Å². The molecule has 0 fully saturated rings. The number of rotatable bonds is 11. The van der Waals surface area contributed by atoms with E-state index in [2.05, 4.69) is 29.7 Å². The van der Waals surface area contributed by atoms with Gasteiger partial charge in [-0.3, -0.25) is 9.59 Å². The predicted molar refractivity (Wildman–Crippen MR) is 133 cm³/mol. The highest BCUT2D eigenvalue weighted by molar-refractivity contribution is 6.29. The Balaban J connectivity index is 1.78. The normalized spacial score (nSPS) is 11.1. The van der Waals surface area contributed by atoms with Crippen molar-refractivity contribution in [3.8, 4) is 5.75 Å². The summed E-state index contributed by atoms with van der Waals surface area (Å²) in [6, 6.07) is 5.70. The van der Waals surface area contributed by atoms with Crippen molar-refractivity contribution in [2.24, 2.45) is 0 Å². The van der Waals surface area contributed by atoms with E-state index in [0.29, 0.717) is 25.4 Å². The third-order valence-corrected chi connectivity index (χ3v) is 5.61. The number of benzene rings is 1. The van der Waals surface area contributed by atoms with Gasteiger partial charge in [-0.1, -0.05) is 11.6 Å². The van der Waals surface area contributed by atoms with E-state index < -0.39 is 5.91 Å². The molecular weight excluding hydrogens is 472 g/mol. The van der Waals surface area contributed by atoms with Gasteiger partial charge in [0.2, 0.25) is 0 Å². The molecule has 0 saturated carbocycles. The predicted octanol–water partition coefficient (Wildman–Crippen LogP) is 0.981. The lowest BCUT2D eigenvalue weighted by Gasteiger charge is -2.11. The first kappa shape index (κ1) is 26.2. The summed E-state index contributed by atoms with van der Waals surface area (Å²) in [5.41, 5.74) is 7.70. The maximum Gasteiger partial charge on any atom is 0.277 e. The van der Waals surface area contributed by atoms with E-state index in [1.807, 2.05) is 51.0 Å². The van der Waals surface area contributed by atoms with Crippen LogP contribution in [0.4, 0.5) is 5.82 Å². The van der Waals surface area contributed by atoms with Crippen LogP contribution in [0.5, 0.6) is 5.75 Å². The van der Waals surface area contributed by atoms with Crippen molar-refractivity contribution in [2.75, 3.05) is 39.5 Å². The minimum atomic E-state index is -0.461. The number of amides is 2. The summed E-state index contributed by atoms with van der Waals surface area (Å²) in [5.74, 6) is 0.864. The van der Waals surface area contributed by atoms with Gasteiger partial charge in [0.1, 0.15) is 17.4 Å². The molecule has 0 unspecified atom stereocenters. The summed E-state index contributed by atoms with van der Waals surface area (Å²) >= 11 is 5.87. The van der Waals surface area contributed by atoms with Crippen molar-refractivity contribution in [1.29, 1.82) is 0 Å². The van der Waals surface area contributed by atoms with Crippen LogP contribution in [0.1, 0.15) is 30.2 Å². The Kier molecular flexibility index (Phi) is 8.83. The van der Waals surface area contributed by atoms with Gasteiger partial charge in [-0.15, -0.1) is 0 Å². The maximum absolute atomic E-state index is 12.7. The van der Waals surface area contributed by atoms with Crippen molar-refractivity contribution in [1.82, 2.24) is 30.1 Å². The smallest absolute Gasteiger partial charge is 0.277 e. The van der Waals surface area contributed by atoms with E-state index in [1.54, 1.807) is 0 Å². The Bertz CT molecular complexity index is 1210. The lowest BCUT2D eigenvalue weighted by molar-refractivity contribution is -0.676. The highest BCUT2D eigenvalue weighted by Crippen LogP contribution is 2.22. The summed E-state index contributed by atoms with van der Waals surface area (Å²) in [6.45, 7) is 6.92. The van der Waals surface area contributed by atoms with Crippen LogP contribution in [0.3, 0.4) is 0 Å². The van der Waals surface area contributed by atoms with Crippen LogP contribution < -0.4 is 25.7 Å². The van der Waals surface area contributed by atoms with Gasteiger partial charge in [0.25, 0.3) is 17.6 Å². The number of nitrogens with two attached hydrogens (primary N) is 1. The zero-order valence-corrected chi connectivity index (χ0v) is 21.2. The fourth-order valence-corrected chi connectivity index (χ4v) is 3.90. The highest BCUT2D eigenvalue weighted by Gasteiger charge is 2.25. The van der Waals surface area contributed by atoms with E-state index in [9.17, 15) is 9.59 Å². The lowest BCUT2D eigenvalue weighted by Crippen LogP contribution is -2.40. The molecule has 2 heterocycles. The van der Waals surface area contributed by atoms with E-state index in [4.69, 9.17) is 22.1 Å². The van der Waals surface area contributed by atoms with Gasteiger partial charge in [0.15, 0.2) is 29.2 Å². The van der Waals surface area contributed by atoms with Crippen molar-refractivity contribution in [3.05, 3.63) is 41.1 Å². The molecule has 4 N–H and O–H groups in total. The number of hydrogen-bond donors (Lipinski definition) is 3. The summed E-state index contributed by atoms with van der Waals surface area (Å²) in [6.07, 6.45) is 1.29. The monoisotopic (exact) mass is 503 g/mol. The number of anilines is 1. The number of hydrogen-bond acceptors (Lipinski definition) is 7. The number of nitrogen functional groups attached to an aromatic ring is 1. The number of likely N-dealkylation sites (N-methyl/N-ethyl adjacent to an activating group) is 1. The Labute approximate surface area is 209 Å². The van der Waals surface area contributed by atoms with Crippen LogP contribution in [-0.2, 0) is 24.4 Å². The van der Waals surface area contributed by atoms with Crippen LogP contribution in [0, 0.1) is 0 Å². The quantitative estimate of drug-likeness (QED) is 0.332. The van der Waals surface area contributed by atoms with Crippen LogP contribution in [0.25, 0.3) is 11.0 Å². The number of carbonyl (C=O) groups excluding carboxylic acids is 2. The fourth-order valence-electron chi connectivity index (χ4n) is 3.76. The van der Waals surface area contributed by atoms with Crippen LogP contribution in [0.2, 0.25) is 5.15 Å². The number of imidazole rings is 1. The van der Waals surface area contributed by atoms with Crippen molar-refractivity contribution in [2.45, 2.75) is 33.5 Å². The molecule has 2 amide bonds. The molecule has 0 atom stereocenters. The standard InChI is InChI=1S/C23H31ClN8O3/c1-5-31-16-8-7-15(35-14-19(33)26-9-10-30(3)4)11-17(16)32(6-2)20(31)13-28-23(34)21-22(25)27-12-18(24)29-21/h7-8,11-12H,5-6,9-10,13-14H2,1-4H3,(H3-,25,26,27,28,33,34)/p+1. The minimum Gasteiger partial charge on any atom is -0.484 e. The van der Waals surface area contributed by atoms with Crippen LogP contribution in [-0.4, -0.2) is 65.0 Å². The second-order valence-electron chi connectivity index (χ2n) is 8.11. The number of nitrogens with zero attached hydrogens (tertiary/aromatic N) is 5. The third kappa shape index (κ3) is 6.37. The number of halogens is 1. The van der Waals surface area contributed by atoms with Gasteiger partial charge in [-0.2, -0.15) is 0 Å². The van der Waals surface area contributed by atoms with Crippen LogP contribution in [0.15, 0.2) is 24.4 Å². The lowest BCUT2D eigenvalue weighted by atomic mass is 10.3. The average molecular weight is 504 g/mol. The van der Waals surface area contributed by atoms with E-state index in [1.165, 1.54) is 6.20 Å². The Morgan fingerprint density at radius 2 is 2.03 bits per heavy atom. The molecule has 35 heavy (non-hydrogen) atoms.